The quantitative estimate of drug-likeness (QED) is 0.625. The van der Waals surface area contributed by atoms with E-state index in [1.807, 2.05) is 0 Å². The molecule has 136 valence electrons. The molecule has 0 atom stereocenters. The topological polar surface area (TPSA) is 123 Å². The van der Waals surface area contributed by atoms with Crippen molar-refractivity contribution in [2.24, 2.45) is 15.5 Å². The minimum Gasteiger partial charge on any atom is -0.492 e. The highest BCUT2D eigenvalue weighted by Crippen LogP contribution is 2.46. The molecule has 9 heteroatoms. The number of benzene rings is 1. The molecule has 0 unspecified atom stereocenters. The second-order valence-electron chi connectivity index (χ2n) is 6.41. The molecule has 1 amide bonds. The van der Waals surface area contributed by atoms with Crippen molar-refractivity contribution >= 4 is 27.6 Å². The third-order valence-electron chi connectivity index (χ3n) is 4.39. The summed E-state index contributed by atoms with van der Waals surface area (Å²) >= 11 is 0. The summed E-state index contributed by atoms with van der Waals surface area (Å²) in [6.07, 6.45) is 3.52. The third kappa shape index (κ3) is 3.71. The number of unbranched alkanes of at least 4 members (excludes halogenated alkanes) is 1. The van der Waals surface area contributed by atoms with Gasteiger partial charge in [-0.15, -0.1) is 4.40 Å². The third-order valence-corrected chi connectivity index (χ3v) is 5.31. The van der Waals surface area contributed by atoms with E-state index < -0.39 is 15.6 Å². The van der Waals surface area contributed by atoms with Crippen LogP contribution >= 0.6 is 0 Å². The van der Waals surface area contributed by atoms with Crippen LogP contribution in [0.25, 0.3) is 0 Å². The predicted molar refractivity (Wildman–Crippen MR) is 94.8 cm³/mol. The lowest BCUT2D eigenvalue weighted by atomic mass is 10.1. The molecular weight excluding hydrogens is 344 g/mol. The van der Waals surface area contributed by atoms with Gasteiger partial charge < -0.3 is 15.8 Å². The number of hydrogen-bond donors (Lipinski definition) is 3. The van der Waals surface area contributed by atoms with Crippen LogP contribution in [-0.4, -0.2) is 33.3 Å². The van der Waals surface area contributed by atoms with E-state index in [1.54, 1.807) is 18.2 Å². The number of carbonyl (C=O) groups excluding carboxylic acids is 1. The van der Waals surface area contributed by atoms with Crippen molar-refractivity contribution < 1.29 is 17.9 Å². The van der Waals surface area contributed by atoms with Crippen molar-refractivity contribution in [3.8, 4) is 5.75 Å². The summed E-state index contributed by atoms with van der Waals surface area (Å²) in [7, 11) is -3.83. The second kappa shape index (κ2) is 6.55. The van der Waals surface area contributed by atoms with Crippen LogP contribution in [0.4, 0.5) is 5.69 Å². The molecule has 8 nitrogen and oxygen atoms in total. The molecule has 2 aliphatic rings. The SMILES string of the molecule is CCCCNC(=O)C1(COc2cccc3c2C(N)=NS(=O)(=O)N3)CC1. The largest absolute Gasteiger partial charge is 0.492 e. The zero-order valence-corrected chi connectivity index (χ0v) is 14.9. The maximum Gasteiger partial charge on any atom is 0.344 e. The van der Waals surface area contributed by atoms with Crippen molar-refractivity contribution in [1.82, 2.24) is 5.32 Å². The molecule has 1 aliphatic carbocycles. The van der Waals surface area contributed by atoms with Crippen LogP contribution in [0.2, 0.25) is 0 Å². The molecule has 0 radical (unpaired) electrons. The highest BCUT2D eigenvalue weighted by molar-refractivity contribution is 7.91. The first-order valence-corrected chi connectivity index (χ1v) is 9.73. The fourth-order valence-electron chi connectivity index (χ4n) is 2.71. The lowest BCUT2D eigenvalue weighted by molar-refractivity contribution is -0.127. The van der Waals surface area contributed by atoms with Crippen LogP contribution in [0, 0.1) is 5.41 Å². The standard InChI is InChI=1S/C16H22N4O4S/c1-2-3-9-18-15(21)16(7-8-16)10-24-12-6-4-5-11-13(12)14(17)20-25(22,23)19-11/h4-6,19H,2-3,7-10H2,1H3,(H2,17,20)(H,18,21). The minimum absolute atomic E-state index is 0.00749. The van der Waals surface area contributed by atoms with Crippen molar-refractivity contribution in [3.05, 3.63) is 23.8 Å². The number of anilines is 1. The number of amides is 1. The van der Waals surface area contributed by atoms with Crippen molar-refractivity contribution in [2.45, 2.75) is 32.6 Å². The Morgan fingerprint density at radius 1 is 1.44 bits per heavy atom. The average Bonchev–Trinajstić information content (AvgIpc) is 3.32. The fourth-order valence-corrected chi connectivity index (χ4v) is 3.55. The van der Waals surface area contributed by atoms with Crippen LogP contribution < -0.4 is 20.5 Å². The Labute approximate surface area is 147 Å². The van der Waals surface area contributed by atoms with Gasteiger partial charge in [-0.1, -0.05) is 19.4 Å². The highest BCUT2D eigenvalue weighted by atomic mass is 32.2. The van der Waals surface area contributed by atoms with E-state index in [2.05, 4.69) is 21.4 Å². The van der Waals surface area contributed by atoms with Crippen LogP contribution in [0.3, 0.4) is 0 Å². The van der Waals surface area contributed by atoms with Crippen LogP contribution in [0.1, 0.15) is 38.2 Å². The molecule has 1 fully saturated rings. The number of ether oxygens (including phenoxy) is 1. The number of carbonyl (C=O) groups is 1. The molecule has 1 aromatic rings. The molecule has 0 spiro atoms. The van der Waals surface area contributed by atoms with E-state index in [4.69, 9.17) is 10.5 Å². The molecule has 1 aliphatic heterocycles. The van der Waals surface area contributed by atoms with Crippen molar-refractivity contribution in [3.63, 3.8) is 0 Å². The van der Waals surface area contributed by atoms with Crippen molar-refractivity contribution in [1.29, 1.82) is 0 Å². The summed E-state index contributed by atoms with van der Waals surface area (Å²) in [6, 6.07) is 4.94. The molecule has 3 rings (SSSR count). The summed E-state index contributed by atoms with van der Waals surface area (Å²) < 4.78 is 34.8. The normalized spacial score (nSPS) is 19.2. The number of nitrogens with two attached hydrogens (primary N) is 1. The van der Waals surface area contributed by atoms with E-state index in [0.717, 1.165) is 25.7 Å². The zero-order chi connectivity index (χ0) is 18.1. The Morgan fingerprint density at radius 2 is 2.20 bits per heavy atom. The Bertz CT molecular complexity index is 815. The number of nitrogens with zero attached hydrogens (tertiary/aromatic N) is 1. The lowest BCUT2D eigenvalue weighted by Crippen LogP contribution is -2.36. The second-order valence-corrected chi connectivity index (χ2v) is 7.75. The molecule has 4 N–H and O–H groups in total. The first-order chi connectivity index (χ1) is 11.9. The van der Waals surface area contributed by atoms with E-state index in [0.29, 0.717) is 23.5 Å². The lowest BCUT2D eigenvalue weighted by Gasteiger charge is -2.21. The fraction of sp³-hybridized carbons (Fsp3) is 0.500. The van der Waals surface area contributed by atoms with Gasteiger partial charge in [0.15, 0.2) is 5.84 Å². The van der Waals surface area contributed by atoms with Gasteiger partial charge in [0.2, 0.25) is 5.91 Å². The van der Waals surface area contributed by atoms with E-state index in [-0.39, 0.29) is 18.3 Å². The van der Waals surface area contributed by atoms with Gasteiger partial charge in [-0.2, -0.15) is 8.42 Å². The van der Waals surface area contributed by atoms with Gasteiger partial charge in [0.05, 0.1) is 16.7 Å². The van der Waals surface area contributed by atoms with Gasteiger partial charge in [-0.05, 0) is 31.4 Å². The van der Waals surface area contributed by atoms with E-state index in [9.17, 15) is 13.2 Å². The van der Waals surface area contributed by atoms with Crippen LogP contribution in [-0.2, 0) is 15.0 Å². The summed E-state index contributed by atoms with van der Waals surface area (Å²) in [5, 5.41) is 2.95. The highest BCUT2D eigenvalue weighted by Gasteiger charge is 2.50. The van der Waals surface area contributed by atoms with Gasteiger partial charge in [-0.25, -0.2) is 0 Å². The zero-order valence-electron chi connectivity index (χ0n) is 14.0. The molecule has 0 aromatic heterocycles. The summed E-state index contributed by atoms with van der Waals surface area (Å²) in [4.78, 5) is 12.3. The van der Waals surface area contributed by atoms with E-state index >= 15 is 0 Å². The summed E-state index contributed by atoms with van der Waals surface area (Å²) in [5.74, 6) is 0.295. The number of hydrogen-bond acceptors (Lipinski definition) is 5. The van der Waals surface area contributed by atoms with Crippen LogP contribution in [0.5, 0.6) is 5.75 Å². The predicted octanol–water partition coefficient (Wildman–Crippen LogP) is 1.14. The Morgan fingerprint density at radius 3 is 2.88 bits per heavy atom. The number of nitrogens with one attached hydrogen (secondary N) is 2. The Hall–Kier alpha value is -2.29. The first-order valence-electron chi connectivity index (χ1n) is 8.29. The molecular formula is C16H22N4O4S. The maximum absolute atomic E-state index is 12.3. The number of amidine groups is 1. The van der Waals surface area contributed by atoms with E-state index in [1.165, 1.54) is 0 Å². The smallest absolute Gasteiger partial charge is 0.344 e. The molecule has 0 bridgehead atoms. The van der Waals surface area contributed by atoms with Gasteiger partial charge in [0.1, 0.15) is 12.4 Å². The minimum atomic E-state index is -3.83. The van der Waals surface area contributed by atoms with Crippen molar-refractivity contribution in [2.75, 3.05) is 17.9 Å². The molecule has 1 saturated carbocycles. The van der Waals surface area contributed by atoms with Gasteiger partial charge in [0.25, 0.3) is 0 Å². The number of rotatable bonds is 7. The van der Waals surface area contributed by atoms with Gasteiger partial charge in [-0.3, -0.25) is 9.52 Å². The average molecular weight is 366 g/mol. The molecule has 1 heterocycles. The maximum atomic E-state index is 12.3. The first kappa shape index (κ1) is 17.5. The monoisotopic (exact) mass is 366 g/mol. The Balaban J connectivity index is 1.72. The Kier molecular flexibility index (Phi) is 4.59. The molecule has 0 saturated heterocycles. The van der Waals surface area contributed by atoms with Gasteiger partial charge in [0, 0.05) is 6.54 Å². The molecule has 1 aromatic carbocycles. The molecule has 25 heavy (non-hydrogen) atoms. The van der Waals surface area contributed by atoms with Gasteiger partial charge >= 0.3 is 10.2 Å². The summed E-state index contributed by atoms with van der Waals surface area (Å²) in [5.41, 5.74) is 6.01. The van der Waals surface area contributed by atoms with Crippen LogP contribution in [0.15, 0.2) is 22.6 Å². The number of fused-ring (bicyclic) bond motifs is 1. The summed E-state index contributed by atoms with van der Waals surface area (Å²) in [6.45, 7) is 2.96.